The highest BCUT2D eigenvalue weighted by molar-refractivity contribution is 5.35. The molecule has 0 aromatic carbocycles. The summed E-state index contributed by atoms with van der Waals surface area (Å²) in [5, 5.41) is 0. The molecule has 0 amide bonds. The standard InChI is InChI=1S/C16H23N3O/c1-2-20-14-6-13(17)18-15(19-14)16-7-10-3-11(8-16)5-12(4-10)9-16/h6,10-12H,2-5,7-9H2,1H3,(H2,17,18,19). The van der Waals surface area contributed by atoms with Crippen molar-refractivity contribution in [1.29, 1.82) is 0 Å². The maximum atomic E-state index is 5.98. The fourth-order valence-electron chi connectivity index (χ4n) is 5.29. The number of nitrogens with two attached hydrogens (primary N) is 1. The van der Waals surface area contributed by atoms with E-state index in [2.05, 4.69) is 4.98 Å². The summed E-state index contributed by atoms with van der Waals surface area (Å²) in [7, 11) is 0. The first-order chi connectivity index (χ1) is 9.67. The molecule has 0 aliphatic heterocycles. The Morgan fingerprint density at radius 2 is 1.75 bits per heavy atom. The summed E-state index contributed by atoms with van der Waals surface area (Å²) in [4.78, 5) is 9.29. The zero-order chi connectivity index (χ0) is 13.7. The molecule has 0 unspecified atom stereocenters. The van der Waals surface area contributed by atoms with E-state index < -0.39 is 0 Å². The van der Waals surface area contributed by atoms with Gasteiger partial charge < -0.3 is 10.5 Å². The molecule has 5 rings (SSSR count). The van der Waals surface area contributed by atoms with Gasteiger partial charge in [0.15, 0.2) is 0 Å². The lowest BCUT2D eigenvalue weighted by molar-refractivity contribution is -0.00960. The van der Waals surface area contributed by atoms with E-state index in [4.69, 9.17) is 15.5 Å². The quantitative estimate of drug-likeness (QED) is 0.919. The number of hydrogen-bond acceptors (Lipinski definition) is 4. The van der Waals surface area contributed by atoms with E-state index in [0.29, 0.717) is 18.3 Å². The molecule has 4 bridgehead atoms. The predicted molar refractivity (Wildman–Crippen MR) is 77.5 cm³/mol. The molecule has 1 heterocycles. The molecule has 4 aliphatic carbocycles. The minimum Gasteiger partial charge on any atom is -0.478 e. The highest BCUT2D eigenvalue weighted by atomic mass is 16.5. The molecule has 4 aliphatic rings. The van der Waals surface area contributed by atoms with Crippen molar-refractivity contribution in [1.82, 2.24) is 9.97 Å². The third kappa shape index (κ3) is 1.88. The van der Waals surface area contributed by atoms with E-state index in [1.807, 2.05) is 6.92 Å². The van der Waals surface area contributed by atoms with Crippen LogP contribution in [-0.2, 0) is 5.41 Å². The summed E-state index contributed by atoms with van der Waals surface area (Å²) in [6.07, 6.45) is 8.07. The van der Waals surface area contributed by atoms with Crippen LogP contribution in [0.15, 0.2) is 6.07 Å². The van der Waals surface area contributed by atoms with Crippen LogP contribution in [0, 0.1) is 17.8 Å². The molecule has 2 N–H and O–H groups in total. The Hall–Kier alpha value is -1.32. The van der Waals surface area contributed by atoms with Crippen molar-refractivity contribution in [2.75, 3.05) is 12.3 Å². The zero-order valence-corrected chi connectivity index (χ0v) is 12.1. The summed E-state index contributed by atoms with van der Waals surface area (Å²) in [5.74, 6) is 4.82. The normalized spacial score (nSPS) is 38.1. The summed E-state index contributed by atoms with van der Waals surface area (Å²) in [5.41, 5.74) is 6.17. The molecular weight excluding hydrogens is 250 g/mol. The molecule has 1 aromatic heterocycles. The minimum atomic E-state index is 0.190. The lowest BCUT2D eigenvalue weighted by Crippen LogP contribution is -2.49. The SMILES string of the molecule is CCOc1cc(N)nc(C23CC4CC(CC(C4)C2)C3)n1. The lowest BCUT2D eigenvalue weighted by Gasteiger charge is -2.55. The predicted octanol–water partition coefficient (Wildman–Crippen LogP) is 2.93. The molecule has 0 saturated heterocycles. The third-order valence-electron chi connectivity index (χ3n) is 5.53. The fraction of sp³-hybridized carbons (Fsp3) is 0.750. The Morgan fingerprint density at radius 1 is 1.15 bits per heavy atom. The van der Waals surface area contributed by atoms with Crippen LogP contribution < -0.4 is 10.5 Å². The van der Waals surface area contributed by atoms with Gasteiger partial charge in [0.25, 0.3) is 0 Å². The van der Waals surface area contributed by atoms with Crippen LogP contribution in [0.1, 0.15) is 51.3 Å². The molecule has 4 fully saturated rings. The van der Waals surface area contributed by atoms with Gasteiger partial charge in [0.05, 0.1) is 6.61 Å². The minimum absolute atomic E-state index is 0.190. The molecule has 0 radical (unpaired) electrons. The van der Waals surface area contributed by atoms with Gasteiger partial charge in [0, 0.05) is 11.5 Å². The molecule has 0 atom stereocenters. The van der Waals surface area contributed by atoms with Gasteiger partial charge in [-0.1, -0.05) is 0 Å². The van der Waals surface area contributed by atoms with Gasteiger partial charge in [0.2, 0.25) is 5.88 Å². The van der Waals surface area contributed by atoms with Crippen LogP contribution >= 0.6 is 0 Å². The second kappa shape index (κ2) is 4.34. The van der Waals surface area contributed by atoms with E-state index in [0.717, 1.165) is 23.6 Å². The monoisotopic (exact) mass is 273 g/mol. The van der Waals surface area contributed by atoms with E-state index in [9.17, 15) is 0 Å². The molecule has 1 aromatic rings. The number of ether oxygens (including phenoxy) is 1. The molecule has 4 saturated carbocycles. The van der Waals surface area contributed by atoms with Crippen molar-refractivity contribution in [3.05, 3.63) is 11.9 Å². The number of anilines is 1. The Balaban J connectivity index is 1.73. The first-order valence-corrected chi connectivity index (χ1v) is 7.95. The number of aromatic nitrogens is 2. The summed E-state index contributed by atoms with van der Waals surface area (Å²) in [6, 6.07) is 1.74. The zero-order valence-electron chi connectivity index (χ0n) is 12.1. The van der Waals surface area contributed by atoms with E-state index in [1.54, 1.807) is 6.07 Å². The largest absolute Gasteiger partial charge is 0.478 e. The first kappa shape index (κ1) is 12.4. The molecule has 108 valence electrons. The van der Waals surface area contributed by atoms with Crippen molar-refractivity contribution in [2.45, 2.75) is 50.9 Å². The molecule has 4 heteroatoms. The van der Waals surface area contributed by atoms with Crippen LogP contribution in [0.4, 0.5) is 5.82 Å². The van der Waals surface area contributed by atoms with Gasteiger partial charge in [-0.3, -0.25) is 0 Å². The second-order valence-electron chi connectivity index (χ2n) is 7.09. The van der Waals surface area contributed by atoms with Gasteiger partial charge >= 0.3 is 0 Å². The van der Waals surface area contributed by atoms with Crippen molar-refractivity contribution in [2.24, 2.45) is 17.8 Å². The average Bonchev–Trinajstić information content (AvgIpc) is 2.36. The number of hydrogen-bond donors (Lipinski definition) is 1. The van der Waals surface area contributed by atoms with Gasteiger partial charge in [0.1, 0.15) is 11.6 Å². The highest BCUT2D eigenvalue weighted by Crippen LogP contribution is 2.60. The van der Waals surface area contributed by atoms with Gasteiger partial charge in [-0.25, -0.2) is 4.98 Å². The summed E-state index contributed by atoms with van der Waals surface area (Å²) < 4.78 is 5.56. The number of rotatable bonds is 3. The maximum Gasteiger partial charge on any atom is 0.218 e. The Kier molecular flexibility index (Phi) is 2.69. The van der Waals surface area contributed by atoms with Crippen molar-refractivity contribution >= 4 is 5.82 Å². The highest BCUT2D eigenvalue weighted by Gasteiger charge is 2.53. The van der Waals surface area contributed by atoms with Crippen molar-refractivity contribution in [3.63, 3.8) is 0 Å². The number of nitrogen functional groups attached to an aromatic ring is 1. The summed E-state index contributed by atoms with van der Waals surface area (Å²) in [6.45, 7) is 2.60. The Bertz CT molecular complexity index is 493. The van der Waals surface area contributed by atoms with E-state index in [1.165, 1.54) is 38.5 Å². The van der Waals surface area contributed by atoms with E-state index >= 15 is 0 Å². The molecular formula is C16H23N3O. The lowest BCUT2D eigenvalue weighted by atomic mass is 9.49. The summed E-state index contributed by atoms with van der Waals surface area (Å²) >= 11 is 0. The van der Waals surface area contributed by atoms with Crippen LogP contribution in [0.2, 0.25) is 0 Å². The first-order valence-electron chi connectivity index (χ1n) is 7.95. The molecule has 4 nitrogen and oxygen atoms in total. The smallest absolute Gasteiger partial charge is 0.218 e. The van der Waals surface area contributed by atoms with Gasteiger partial charge in [-0.2, -0.15) is 4.98 Å². The average molecular weight is 273 g/mol. The molecule has 0 spiro atoms. The van der Waals surface area contributed by atoms with E-state index in [-0.39, 0.29) is 5.41 Å². The Morgan fingerprint density at radius 3 is 2.30 bits per heavy atom. The molecule has 20 heavy (non-hydrogen) atoms. The number of nitrogens with zero attached hydrogens (tertiary/aromatic N) is 2. The fourth-order valence-corrected chi connectivity index (χ4v) is 5.29. The second-order valence-corrected chi connectivity index (χ2v) is 7.09. The van der Waals surface area contributed by atoms with Crippen molar-refractivity contribution < 1.29 is 4.74 Å². The van der Waals surface area contributed by atoms with Crippen LogP contribution in [0.5, 0.6) is 5.88 Å². The van der Waals surface area contributed by atoms with Crippen LogP contribution in [0.25, 0.3) is 0 Å². The third-order valence-corrected chi connectivity index (χ3v) is 5.53. The van der Waals surface area contributed by atoms with Crippen LogP contribution in [0.3, 0.4) is 0 Å². The van der Waals surface area contributed by atoms with Crippen molar-refractivity contribution in [3.8, 4) is 5.88 Å². The van der Waals surface area contributed by atoms with Gasteiger partial charge in [-0.15, -0.1) is 0 Å². The Labute approximate surface area is 120 Å². The maximum absolute atomic E-state index is 5.98. The topological polar surface area (TPSA) is 61.0 Å². The van der Waals surface area contributed by atoms with Crippen LogP contribution in [-0.4, -0.2) is 16.6 Å². The van der Waals surface area contributed by atoms with Gasteiger partial charge in [-0.05, 0) is 63.2 Å².